The Labute approximate surface area is 151 Å². The van der Waals surface area contributed by atoms with E-state index in [2.05, 4.69) is 31.8 Å². The second-order valence-corrected chi connectivity index (χ2v) is 6.73. The lowest BCUT2D eigenvalue weighted by Crippen LogP contribution is -2.11. The molecule has 0 spiro atoms. The van der Waals surface area contributed by atoms with E-state index in [1.165, 1.54) is 51.4 Å². The highest BCUT2D eigenvalue weighted by atomic mass is 16.3. The first-order valence-corrected chi connectivity index (χ1v) is 9.78. The van der Waals surface area contributed by atoms with Crippen molar-refractivity contribution in [2.24, 2.45) is 0 Å². The molecule has 25 heavy (non-hydrogen) atoms. The van der Waals surface area contributed by atoms with Gasteiger partial charge < -0.3 is 15.0 Å². The van der Waals surface area contributed by atoms with Crippen molar-refractivity contribution >= 4 is 17.0 Å². The molecule has 1 unspecified atom stereocenters. The number of hydrogen-bond acceptors (Lipinski definition) is 5. The molecule has 0 radical (unpaired) electrons. The third kappa shape index (κ3) is 5.66. The molecule has 0 aliphatic rings. The summed E-state index contributed by atoms with van der Waals surface area (Å²) in [5, 5.41) is 12.5. The van der Waals surface area contributed by atoms with Crippen LogP contribution in [0.5, 0.6) is 0 Å². The maximum Gasteiger partial charge on any atom is 0.165 e. The van der Waals surface area contributed by atoms with E-state index < -0.39 is 0 Å². The van der Waals surface area contributed by atoms with Crippen LogP contribution in [0.3, 0.4) is 0 Å². The third-order valence-electron chi connectivity index (χ3n) is 4.84. The number of anilines is 1. The number of aromatic nitrogens is 4. The van der Waals surface area contributed by atoms with Crippen molar-refractivity contribution in [3.05, 3.63) is 12.7 Å². The van der Waals surface area contributed by atoms with Crippen molar-refractivity contribution in [3.8, 4) is 0 Å². The second-order valence-electron chi connectivity index (χ2n) is 6.73. The summed E-state index contributed by atoms with van der Waals surface area (Å²) in [4.78, 5) is 13.1. The molecule has 2 aromatic heterocycles. The first kappa shape index (κ1) is 19.6. The van der Waals surface area contributed by atoms with Gasteiger partial charge in [-0.2, -0.15) is 0 Å². The van der Waals surface area contributed by atoms with Gasteiger partial charge >= 0.3 is 0 Å². The van der Waals surface area contributed by atoms with Crippen LogP contribution in [0.1, 0.15) is 77.2 Å². The van der Waals surface area contributed by atoms with Crippen LogP contribution in [-0.4, -0.2) is 38.3 Å². The van der Waals surface area contributed by atoms with E-state index in [1.54, 1.807) is 6.33 Å². The summed E-state index contributed by atoms with van der Waals surface area (Å²) in [7, 11) is 1.84. The zero-order chi connectivity index (χ0) is 17.9. The fourth-order valence-electron chi connectivity index (χ4n) is 3.39. The predicted molar refractivity (Wildman–Crippen MR) is 103 cm³/mol. The number of imidazole rings is 1. The lowest BCUT2D eigenvalue weighted by molar-refractivity contribution is 0.251. The lowest BCUT2D eigenvalue weighted by atomic mass is 10.0. The van der Waals surface area contributed by atoms with Gasteiger partial charge in [0.25, 0.3) is 0 Å². The average molecular weight is 348 g/mol. The number of hydrogen-bond donors (Lipinski definition) is 2. The molecule has 140 valence electrons. The Bertz CT molecular complexity index is 613. The van der Waals surface area contributed by atoms with E-state index >= 15 is 0 Å². The van der Waals surface area contributed by atoms with Crippen LogP contribution < -0.4 is 5.32 Å². The molecule has 1 atom stereocenters. The number of unbranched alkanes of at least 4 members (excludes halogenated alkanes) is 7. The molecule has 0 fully saturated rings. The SMILES string of the molecule is CCCCCCCCCCC(CCO)n1cnc2c(NC)ncnc21. The summed E-state index contributed by atoms with van der Waals surface area (Å²) in [5.41, 5.74) is 1.64. The summed E-state index contributed by atoms with van der Waals surface area (Å²) in [5.74, 6) is 0.749. The van der Waals surface area contributed by atoms with Gasteiger partial charge in [0.15, 0.2) is 11.5 Å². The van der Waals surface area contributed by atoms with Gasteiger partial charge in [0.05, 0.1) is 6.33 Å². The molecule has 0 aliphatic heterocycles. The molecule has 0 aromatic carbocycles. The van der Waals surface area contributed by atoms with Gasteiger partial charge in [0.1, 0.15) is 11.8 Å². The summed E-state index contributed by atoms with van der Waals surface area (Å²) in [6.45, 7) is 2.44. The molecule has 6 heteroatoms. The maximum atomic E-state index is 9.45. The van der Waals surface area contributed by atoms with Gasteiger partial charge in [0, 0.05) is 19.7 Å². The molecule has 6 nitrogen and oxygen atoms in total. The largest absolute Gasteiger partial charge is 0.396 e. The normalized spacial score (nSPS) is 12.6. The molecular weight excluding hydrogens is 314 g/mol. The standard InChI is InChI=1S/C19H33N5O/c1-3-4-5-6-7-8-9-10-11-16(12-13-25)24-15-23-17-18(20-2)21-14-22-19(17)24/h14-16,25H,3-13H2,1-2H3,(H,20,21,22). The molecule has 0 aliphatic carbocycles. The Kier molecular flexibility index (Phi) is 8.66. The Balaban J connectivity index is 1.88. The van der Waals surface area contributed by atoms with Gasteiger partial charge in [-0.1, -0.05) is 58.3 Å². The zero-order valence-electron chi connectivity index (χ0n) is 15.7. The molecule has 2 rings (SSSR count). The summed E-state index contributed by atoms with van der Waals surface area (Å²) in [6.07, 6.45) is 15.7. The highest BCUT2D eigenvalue weighted by Gasteiger charge is 2.16. The van der Waals surface area contributed by atoms with Crippen LogP contribution in [0.4, 0.5) is 5.82 Å². The van der Waals surface area contributed by atoms with Gasteiger partial charge in [0.2, 0.25) is 0 Å². The van der Waals surface area contributed by atoms with E-state index in [0.29, 0.717) is 0 Å². The Morgan fingerprint density at radius 2 is 1.72 bits per heavy atom. The summed E-state index contributed by atoms with van der Waals surface area (Å²) < 4.78 is 2.11. The topological polar surface area (TPSA) is 75.9 Å². The van der Waals surface area contributed by atoms with Crippen LogP contribution in [0.25, 0.3) is 11.2 Å². The molecule has 0 saturated heterocycles. The Hall–Kier alpha value is -1.69. The number of aliphatic hydroxyl groups is 1. The van der Waals surface area contributed by atoms with E-state index in [-0.39, 0.29) is 12.6 Å². The number of nitrogens with zero attached hydrogens (tertiary/aromatic N) is 4. The van der Waals surface area contributed by atoms with Crippen LogP contribution in [-0.2, 0) is 0 Å². The van der Waals surface area contributed by atoms with Crippen molar-refractivity contribution in [2.75, 3.05) is 19.0 Å². The van der Waals surface area contributed by atoms with E-state index in [4.69, 9.17) is 0 Å². The number of rotatable bonds is 13. The minimum absolute atomic E-state index is 0.186. The smallest absolute Gasteiger partial charge is 0.165 e. The van der Waals surface area contributed by atoms with Crippen molar-refractivity contribution in [2.45, 2.75) is 77.2 Å². The lowest BCUT2D eigenvalue weighted by Gasteiger charge is -2.18. The quantitative estimate of drug-likeness (QED) is 0.528. The number of aliphatic hydroxyl groups excluding tert-OH is 1. The number of nitrogens with one attached hydrogen (secondary N) is 1. The Morgan fingerprint density at radius 1 is 1.00 bits per heavy atom. The minimum atomic E-state index is 0.186. The highest BCUT2D eigenvalue weighted by molar-refractivity contribution is 5.82. The van der Waals surface area contributed by atoms with E-state index in [1.807, 2.05) is 13.4 Å². The molecular formula is C19H33N5O. The van der Waals surface area contributed by atoms with Crippen molar-refractivity contribution in [1.82, 2.24) is 19.5 Å². The van der Waals surface area contributed by atoms with Crippen LogP contribution in [0, 0.1) is 0 Å². The summed E-state index contributed by atoms with van der Waals surface area (Å²) >= 11 is 0. The summed E-state index contributed by atoms with van der Waals surface area (Å²) in [6, 6.07) is 0.245. The number of fused-ring (bicyclic) bond motifs is 1. The zero-order valence-corrected chi connectivity index (χ0v) is 15.7. The predicted octanol–water partition coefficient (Wildman–Crippen LogP) is 4.32. The monoisotopic (exact) mass is 347 g/mol. The van der Waals surface area contributed by atoms with Gasteiger partial charge in [-0.15, -0.1) is 0 Å². The van der Waals surface area contributed by atoms with Crippen LogP contribution in [0.15, 0.2) is 12.7 Å². The average Bonchev–Trinajstić information content (AvgIpc) is 3.07. The minimum Gasteiger partial charge on any atom is -0.396 e. The molecule has 2 N–H and O–H groups in total. The van der Waals surface area contributed by atoms with Gasteiger partial charge in [-0.05, 0) is 12.8 Å². The first-order valence-electron chi connectivity index (χ1n) is 9.78. The highest BCUT2D eigenvalue weighted by Crippen LogP contribution is 2.26. The van der Waals surface area contributed by atoms with Crippen LogP contribution in [0.2, 0.25) is 0 Å². The van der Waals surface area contributed by atoms with E-state index in [9.17, 15) is 5.11 Å². The molecule has 2 heterocycles. The van der Waals surface area contributed by atoms with Crippen molar-refractivity contribution in [3.63, 3.8) is 0 Å². The van der Waals surface area contributed by atoms with Gasteiger partial charge in [-0.25, -0.2) is 15.0 Å². The fourth-order valence-corrected chi connectivity index (χ4v) is 3.39. The first-order chi connectivity index (χ1) is 12.3. The third-order valence-corrected chi connectivity index (χ3v) is 4.84. The van der Waals surface area contributed by atoms with Crippen molar-refractivity contribution < 1.29 is 5.11 Å². The molecule has 0 amide bonds. The van der Waals surface area contributed by atoms with E-state index in [0.717, 1.165) is 29.8 Å². The van der Waals surface area contributed by atoms with Gasteiger partial charge in [-0.3, -0.25) is 0 Å². The van der Waals surface area contributed by atoms with Crippen LogP contribution >= 0.6 is 0 Å². The maximum absolute atomic E-state index is 9.45. The van der Waals surface area contributed by atoms with Crippen molar-refractivity contribution in [1.29, 1.82) is 0 Å². The second kappa shape index (κ2) is 11.0. The fraction of sp³-hybridized carbons (Fsp3) is 0.737. The molecule has 0 saturated carbocycles. The Morgan fingerprint density at radius 3 is 2.40 bits per heavy atom. The molecule has 2 aromatic rings. The molecule has 0 bridgehead atoms.